The fourth-order valence-electron chi connectivity index (χ4n) is 4.35. The number of nitrogens with one attached hydrogen (secondary N) is 2. The van der Waals surface area contributed by atoms with Gasteiger partial charge in [-0.3, -0.25) is 14.5 Å². The molecule has 4 rings (SSSR count). The molecule has 182 valence electrons. The Morgan fingerprint density at radius 2 is 1.79 bits per heavy atom. The molecular formula is C24H30N4O5S. The molecule has 0 saturated carbocycles. The van der Waals surface area contributed by atoms with Gasteiger partial charge in [-0.25, -0.2) is 8.42 Å². The Morgan fingerprint density at radius 3 is 2.50 bits per heavy atom. The molecule has 0 aliphatic carbocycles. The highest BCUT2D eigenvalue weighted by molar-refractivity contribution is 7.89. The van der Waals surface area contributed by atoms with E-state index in [1.54, 1.807) is 37.3 Å². The predicted octanol–water partition coefficient (Wildman–Crippen LogP) is 3.05. The number of methoxy groups -OCH3 is 1. The van der Waals surface area contributed by atoms with E-state index in [4.69, 9.17) is 4.74 Å². The molecule has 1 atom stereocenters. The van der Waals surface area contributed by atoms with Gasteiger partial charge in [-0.1, -0.05) is 25.0 Å². The summed E-state index contributed by atoms with van der Waals surface area (Å²) >= 11 is 0. The van der Waals surface area contributed by atoms with Gasteiger partial charge < -0.3 is 15.4 Å². The van der Waals surface area contributed by atoms with Crippen LogP contribution in [-0.4, -0.2) is 57.3 Å². The van der Waals surface area contributed by atoms with E-state index in [0.29, 0.717) is 35.9 Å². The smallest absolute Gasteiger partial charge is 0.249 e. The first-order valence-corrected chi connectivity index (χ1v) is 12.9. The summed E-state index contributed by atoms with van der Waals surface area (Å²) in [6.45, 7) is 2.58. The van der Waals surface area contributed by atoms with Crippen molar-refractivity contribution in [1.29, 1.82) is 0 Å². The normalized spacial score (nSPS) is 17.8. The molecule has 0 radical (unpaired) electrons. The highest BCUT2D eigenvalue weighted by atomic mass is 32.2. The molecule has 0 spiro atoms. The van der Waals surface area contributed by atoms with Gasteiger partial charge in [0, 0.05) is 13.1 Å². The third kappa shape index (κ3) is 4.88. The van der Waals surface area contributed by atoms with Crippen LogP contribution >= 0.6 is 0 Å². The van der Waals surface area contributed by atoms with Gasteiger partial charge in [0.05, 0.1) is 29.1 Å². The molecule has 34 heavy (non-hydrogen) atoms. The predicted molar refractivity (Wildman–Crippen MR) is 131 cm³/mol. The van der Waals surface area contributed by atoms with E-state index >= 15 is 0 Å². The molecular weight excluding hydrogens is 456 g/mol. The maximum absolute atomic E-state index is 13.3. The first-order valence-electron chi connectivity index (χ1n) is 11.5. The maximum atomic E-state index is 13.3. The second-order valence-electron chi connectivity index (χ2n) is 8.54. The van der Waals surface area contributed by atoms with Crippen molar-refractivity contribution in [2.45, 2.75) is 43.5 Å². The Balaban J connectivity index is 1.58. The minimum Gasteiger partial charge on any atom is -0.495 e. The number of anilines is 3. The molecule has 1 unspecified atom stereocenters. The molecule has 1 fully saturated rings. The zero-order valence-electron chi connectivity index (χ0n) is 19.4. The van der Waals surface area contributed by atoms with E-state index in [-0.39, 0.29) is 23.3 Å². The van der Waals surface area contributed by atoms with Crippen molar-refractivity contribution < 1.29 is 22.7 Å². The average Bonchev–Trinajstić information content (AvgIpc) is 3.13. The number of rotatable bonds is 6. The van der Waals surface area contributed by atoms with Crippen LogP contribution in [0.2, 0.25) is 0 Å². The SMILES string of the molecule is COc1ccc(S(=O)(=O)N2CCCCCC2)cc1NC(C)C(=O)N1CC(=O)Nc2ccccc21. The molecule has 10 heteroatoms. The van der Waals surface area contributed by atoms with Crippen LogP contribution in [0.3, 0.4) is 0 Å². The van der Waals surface area contributed by atoms with E-state index in [9.17, 15) is 18.0 Å². The van der Waals surface area contributed by atoms with Crippen molar-refractivity contribution in [3.63, 3.8) is 0 Å². The van der Waals surface area contributed by atoms with Gasteiger partial charge in [0.15, 0.2) is 0 Å². The Bertz CT molecular complexity index is 1180. The number of benzene rings is 2. The number of hydrogen-bond donors (Lipinski definition) is 2. The zero-order valence-corrected chi connectivity index (χ0v) is 20.2. The third-order valence-corrected chi connectivity index (χ3v) is 8.05. The van der Waals surface area contributed by atoms with E-state index in [0.717, 1.165) is 25.7 Å². The number of ether oxygens (including phenoxy) is 1. The summed E-state index contributed by atoms with van der Waals surface area (Å²) < 4.78 is 33.5. The zero-order chi connectivity index (χ0) is 24.3. The lowest BCUT2D eigenvalue weighted by Crippen LogP contribution is -2.47. The van der Waals surface area contributed by atoms with Gasteiger partial charge in [-0.05, 0) is 50.1 Å². The number of hydrogen-bond acceptors (Lipinski definition) is 6. The second kappa shape index (κ2) is 10.0. The van der Waals surface area contributed by atoms with Crippen LogP contribution in [-0.2, 0) is 19.6 Å². The molecule has 2 aromatic rings. The highest BCUT2D eigenvalue weighted by Gasteiger charge is 2.31. The van der Waals surface area contributed by atoms with Gasteiger partial charge in [-0.15, -0.1) is 0 Å². The van der Waals surface area contributed by atoms with Crippen LogP contribution in [0.4, 0.5) is 17.1 Å². The van der Waals surface area contributed by atoms with E-state index in [1.165, 1.54) is 28.4 Å². The largest absolute Gasteiger partial charge is 0.495 e. The molecule has 9 nitrogen and oxygen atoms in total. The fourth-order valence-corrected chi connectivity index (χ4v) is 5.89. The lowest BCUT2D eigenvalue weighted by atomic mass is 10.1. The van der Waals surface area contributed by atoms with Gasteiger partial charge in [0.1, 0.15) is 18.3 Å². The van der Waals surface area contributed by atoms with E-state index in [1.807, 2.05) is 0 Å². The number of carbonyl (C=O) groups is 2. The molecule has 0 bridgehead atoms. The number of carbonyl (C=O) groups excluding carboxylic acids is 2. The Hall–Kier alpha value is -3.11. The number of amides is 2. The minimum atomic E-state index is -3.67. The maximum Gasteiger partial charge on any atom is 0.249 e. The average molecular weight is 487 g/mol. The van der Waals surface area contributed by atoms with Gasteiger partial charge >= 0.3 is 0 Å². The number of sulfonamides is 1. The van der Waals surface area contributed by atoms with Crippen LogP contribution in [0.25, 0.3) is 0 Å². The first kappa shape index (κ1) is 24.0. The number of nitrogens with zero attached hydrogens (tertiary/aromatic N) is 2. The summed E-state index contributed by atoms with van der Waals surface area (Å²) in [4.78, 5) is 27.0. The lowest BCUT2D eigenvalue weighted by molar-refractivity contribution is -0.122. The molecule has 2 heterocycles. The van der Waals surface area contributed by atoms with E-state index < -0.39 is 16.1 Å². The van der Waals surface area contributed by atoms with E-state index in [2.05, 4.69) is 10.6 Å². The molecule has 2 aliphatic heterocycles. The second-order valence-corrected chi connectivity index (χ2v) is 10.5. The van der Waals surface area contributed by atoms with Crippen molar-refractivity contribution in [3.05, 3.63) is 42.5 Å². The Labute approximate surface area is 200 Å². The van der Waals surface area contributed by atoms with Crippen LogP contribution in [0.15, 0.2) is 47.4 Å². The standard InChI is InChI=1S/C24H30N4O5S/c1-17(24(30)28-16-23(29)26-19-9-5-6-10-21(19)28)25-20-15-18(11-12-22(20)33-2)34(31,32)27-13-7-3-4-8-14-27/h5-6,9-12,15,17,25H,3-4,7-8,13-14,16H2,1-2H3,(H,26,29). The van der Waals surface area contributed by atoms with Crippen molar-refractivity contribution in [3.8, 4) is 5.75 Å². The van der Waals surface area contributed by atoms with Crippen molar-refractivity contribution >= 4 is 38.9 Å². The van der Waals surface area contributed by atoms with Crippen LogP contribution < -0.4 is 20.3 Å². The molecule has 2 aliphatic rings. The van der Waals surface area contributed by atoms with Crippen LogP contribution in [0, 0.1) is 0 Å². The van der Waals surface area contributed by atoms with Crippen LogP contribution in [0.1, 0.15) is 32.6 Å². The quantitative estimate of drug-likeness (QED) is 0.650. The van der Waals surface area contributed by atoms with Crippen molar-refractivity contribution in [1.82, 2.24) is 4.31 Å². The highest BCUT2D eigenvalue weighted by Crippen LogP contribution is 2.32. The number of fused-ring (bicyclic) bond motifs is 1. The van der Waals surface area contributed by atoms with Crippen molar-refractivity contribution in [2.75, 3.05) is 42.3 Å². The summed E-state index contributed by atoms with van der Waals surface area (Å²) in [6.07, 6.45) is 3.74. The first-order chi connectivity index (χ1) is 16.3. The summed E-state index contributed by atoms with van der Waals surface area (Å²) in [5, 5.41) is 5.87. The molecule has 0 aromatic heterocycles. The fraction of sp³-hybridized carbons (Fsp3) is 0.417. The van der Waals surface area contributed by atoms with Gasteiger partial charge in [0.2, 0.25) is 21.8 Å². The third-order valence-electron chi connectivity index (χ3n) is 6.15. The summed E-state index contributed by atoms with van der Waals surface area (Å²) in [5.41, 5.74) is 1.58. The summed E-state index contributed by atoms with van der Waals surface area (Å²) in [6, 6.07) is 11.0. The van der Waals surface area contributed by atoms with Crippen molar-refractivity contribution in [2.24, 2.45) is 0 Å². The van der Waals surface area contributed by atoms with Gasteiger partial charge in [0.25, 0.3) is 0 Å². The van der Waals surface area contributed by atoms with Crippen LogP contribution in [0.5, 0.6) is 5.75 Å². The van der Waals surface area contributed by atoms with Gasteiger partial charge in [-0.2, -0.15) is 4.31 Å². The minimum absolute atomic E-state index is 0.0949. The summed E-state index contributed by atoms with van der Waals surface area (Å²) in [7, 11) is -2.18. The Morgan fingerprint density at radius 1 is 1.09 bits per heavy atom. The number of para-hydroxylation sites is 2. The molecule has 2 amide bonds. The Kier molecular flexibility index (Phi) is 7.08. The topological polar surface area (TPSA) is 108 Å². The summed E-state index contributed by atoms with van der Waals surface area (Å²) in [5.74, 6) is -0.168. The monoisotopic (exact) mass is 486 g/mol. The molecule has 1 saturated heterocycles. The lowest BCUT2D eigenvalue weighted by Gasteiger charge is -2.31. The molecule has 2 aromatic carbocycles. The molecule has 2 N–H and O–H groups in total.